The SMILES string of the molecule is N#Cc1ccccc1C(=O)N1CCC(c2ncc(C3C=C(Cl)C=CC3)[nH]2)CC1. The van der Waals surface area contributed by atoms with Crippen molar-refractivity contribution in [3.8, 4) is 6.07 Å². The van der Waals surface area contributed by atoms with Crippen LogP contribution in [0.3, 0.4) is 0 Å². The third-order valence-electron chi connectivity index (χ3n) is 5.49. The molecule has 4 rings (SSSR count). The number of aromatic amines is 1. The minimum atomic E-state index is -0.0653. The maximum absolute atomic E-state index is 12.8. The molecule has 1 aliphatic heterocycles. The first-order chi connectivity index (χ1) is 13.7. The average molecular weight is 393 g/mol. The molecular weight excluding hydrogens is 372 g/mol. The lowest BCUT2D eigenvalue weighted by molar-refractivity contribution is 0.0711. The molecule has 0 spiro atoms. The number of imidazole rings is 1. The number of hydrogen-bond acceptors (Lipinski definition) is 3. The van der Waals surface area contributed by atoms with Crippen molar-refractivity contribution < 1.29 is 4.79 Å². The lowest BCUT2D eigenvalue weighted by Crippen LogP contribution is -2.38. The topological polar surface area (TPSA) is 72.8 Å². The normalized spacial score (nSPS) is 19.9. The highest BCUT2D eigenvalue weighted by Crippen LogP contribution is 2.31. The Bertz CT molecular complexity index is 976. The number of nitrogens with one attached hydrogen (secondary N) is 1. The molecule has 142 valence electrons. The van der Waals surface area contributed by atoms with E-state index in [-0.39, 0.29) is 11.8 Å². The summed E-state index contributed by atoms with van der Waals surface area (Å²) >= 11 is 6.12. The highest BCUT2D eigenvalue weighted by molar-refractivity contribution is 6.31. The summed E-state index contributed by atoms with van der Waals surface area (Å²) < 4.78 is 0. The van der Waals surface area contributed by atoms with Crippen molar-refractivity contribution in [3.63, 3.8) is 0 Å². The van der Waals surface area contributed by atoms with Crippen molar-refractivity contribution in [1.29, 1.82) is 5.26 Å². The summed E-state index contributed by atoms with van der Waals surface area (Å²) in [6.07, 6.45) is 10.6. The van der Waals surface area contributed by atoms with Gasteiger partial charge in [0.1, 0.15) is 5.82 Å². The van der Waals surface area contributed by atoms with E-state index >= 15 is 0 Å². The Labute approximate surface area is 169 Å². The van der Waals surface area contributed by atoms with Crippen LogP contribution in [0.25, 0.3) is 0 Å². The van der Waals surface area contributed by atoms with Gasteiger partial charge in [-0.3, -0.25) is 4.79 Å². The number of nitrogens with zero attached hydrogens (tertiary/aromatic N) is 3. The fraction of sp³-hybridized carbons (Fsp3) is 0.318. The van der Waals surface area contributed by atoms with Crippen LogP contribution >= 0.6 is 11.6 Å². The van der Waals surface area contributed by atoms with Crippen molar-refractivity contribution in [3.05, 3.63) is 76.4 Å². The van der Waals surface area contributed by atoms with Crippen molar-refractivity contribution in [2.24, 2.45) is 0 Å². The summed E-state index contributed by atoms with van der Waals surface area (Å²) in [6.45, 7) is 1.33. The Morgan fingerprint density at radius 1 is 1.29 bits per heavy atom. The smallest absolute Gasteiger partial charge is 0.255 e. The predicted molar refractivity (Wildman–Crippen MR) is 108 cm³/mol. The number of aromatic nitrogens is 2. The standard InChI is InChI=1S/C22H21ClN4O/c23-18-6-3-5-16(12-18)20-14-25-21(26-20)15-8-10-27(11-9-15)22(28)19-7-2-1-4-17(19)13-24/h1-4,6-7,12,14-16H,5,8-11H2,(H,25,26). The summed E-state index contributed by atoms with van der Waals surface area (Å²) in [5, 5.41) is 9.99. The van der Waals surface area contributed by atoms with Gasteiger partial charge in [-0.2, -0.15) is 5.26 Å². The number of H-pyrrole nitrogens is 1. The third-order valence-corrected chi connectivity index (χ3v) is 5.74. The van der Waals surface area contributed by atoms with Gasteiger partial charge in [0.05, 0.1) is 17.2 Å². The van der Waals surface area contributed by atoms with Crippen LogP contribution in [0.2, 0.25) is 0 Å². The van der Waals surface area contributed by atoms with E-state index in [9.17, 15) is 10.1 Å². The Balaban J connectivity index is 1.40. The maximum Gasteiger partial charge on any atom is 0.255 e. The van der Waals surface area contributed by atoms with Crippen LogP contribution in [0, 0.1) is 11.3 Å². The number of benzene rings is 1. The van der Waals surface area contributed by atoms with Gasteiger partial charge < -0.3 is 9.88 Å². The second kappa shape index (κ2) is 8.04. The largest absolute Gasteiger partial charge is 0.345 e. The molecule has 1 N–H and O–H groups in total. The van der Waals surface area contributed by atoms with Gasteiger partial charge in [0.2, 0.25) is 0 Å². The van der Waals surface area contributed by atoms with Crippen molar-refractivity contribution in [1.82, 2.24) is 14.9 Å². The van der Waals surface area contributed by atoms with Crippen LogP contribution in [-0.4, -0.2) is 33.9 Å². The summed E-state index contributed by atoms with van der Waals surface area (Å²) in [5.74, 6) is 1.47. The molecule has 0 bridgehead atoms. The lowest BCUT2D eigenvalue weighted by Gasteiger charge is -2.31. The maximum atomic E-state index is 12.8. The molecule has 1 aliphatic carbocycles. The van der Waals surface area contributed by atoms with Crippen LogP contribution in [0.15, 0.2) is 53.7 Å². The molecule has 1 fully saturated rings. The molecule has 1 unspecified atom stereocenters. The fourth-order valence-corrected chi connectivity index (χ4v) is 4.14. The number of carbonyl (C=O) groups is 1. The first-order valence-corrected chi connectivity index (χ1v) is 9.90. The number of amides is 1. The van der Waals surface area contributed by atoms with Crippen LogP contribution in [0.5, 0.6) is 0 Å². The van der Waals surface area contributed by atoms with E-state index in [4.69, 9.17) is 11.6 Å². The molecule has 2 aliphatic rings. The Kier molecular flexibility index (Phi) is 5.31. The highest BCUT2D eigenvalue weighted by atomic mass is 35.5. The van der Waals surface area contributed by atoms with Crippen molar-refractivity contribution in [2.45, 2.75) is 31.1 Å². The molecule has 6 heteroatoms. The molecule has 1 saturated heterocycles. The number of piperidine rings is 1. The van der Waals surface area contributed by atoms with Gasteiger partial charge in [-0.25, -0.2) is 4.98 Å². The molecule has 1 atom stereocenters. The van der Waals surface area contributed by atoms with E-state index in [1.54, 1.807) is 24.3 Å². The Morgan fingerprint density at radius 3 is 2.82 bits per heavy atom. The molecule has 0 saturated carbocycles. The summed E-state index contributed by atoms with van der Waals surface area (Å²) in [7, 11) is 0. The number of halogens is 1. The third kappa shape index (κ3) is 3.74. The van der Waals surface area contributed by atoms with E-state index in [2.05, 4.69) is 22.1 Å². The fourth-order valence-electron chi connectivity index (χ4n) is 3.90. The highest BCUT2D eigenvalue weighted by Gasteiger charge is 2.27. The molecule has 1 aromatic heterocycles. The average Bonchev–Trinajstić information content (AvgIpc) is 3.24. The molecule has 1 amide bonds. The van der Waals surface area contributed by atoms with Gasteiger partial charge in [-0.15, -0.1) is 0 Å². The Morgan fingerprint density at radius 2 is 2.07 bits per heavy atom. The van der Waals surface area contributed by atoms with Crippen LogP contribution in [-0.2, 0) is 0 Å². The zero-order chi connectivity index (χ0) is 19.5. The minimum absolute atomic E-state index is 0.0653. The summed E-state index contributed by atoms with van der Waals surface area (Å²) in [5.41, 5.74) is 2.00. The first-order valence-electron chi connectivity index (χ1n) is 9.52. The zero-order valence-electron chi connectivity index (χ0n) is 15.4. The van der Waals surface area contributed by atoms with Crippen LogP contribution < -0.4 is 0 Å². The predicted octanol–water partition coefficient (Wildman–Crippen LogP) is 4.47. The number of nitriles is 1. The van der Waals surface area contributed by atoms with E-state index < -0.39 is 0 Å². The van der Waals surface area contributed by atoms with Gasteiger partial charge in [0.15, 0.2) is 0 Å². The molecule has 5 nitrogen and oxygen atoms in total. The van der Waals surface area contributed by atoms with Gasteiger partial charge in [0, 0.05) is 41.8 Å². The van der Waals surface area contributed by atoms with Gasteiger partial charge in [-0.1, -0.05) is 35.9 Å². The van der Waals surface area contributed by atoms with Crippen molar-refractivity contribution >= 4 is 17.5 Å². The van der Waals surface area contributed by atoms with Gasteiger partial charge in [-0.05, 0) is 37.5 Å². The lowest BCUT2D eigenvalue weighted by atomic mass is 9.95. The second-order valence-electron chi connectivity index (χ2n) is 7.24. The molecule has 0 radical (unpaired) electrons. The second-order valence-corrected chi connectivity index (χ2v) is 7.68. The molecule has 28 heavy (non-hydrogen) atoms. The number of allylic oxidation sites excluding steroid dienone is 4. The molecular formula is C22H21ClN4O. The molecule has 2 aromatic rings. The van der Waals surface area contributed by atoms with Crippen molar-refractivity contribution in [2.75, 3.05) is 13.1 Å². The van der Waals surface area contributed by atoms with Crippen LogP contribution in [0.4, 0.5) is 0 Å². The van der Waals surface area contributed by atoms with Gasteiger partial charge >= 0.3 is 0 Å². The number of carbonyl (C=O) groups excluding carboxylic acids is 1. The monoisotopic (exact) mass is 392 g/mol. The van der Waals surface area contributed by atoms with Crippen LogP contribution in [0.1, 0.15) is 58.5 Å². The first kappa shape index (κ1) is 18.5. The number of hydrogen-bond donors (Lipinski definition) is 1. The van der Waals surface area contributed by atoms with E-state index in [0.29, 0.717) is 30.1 Å². The summed E-state index contributed by atoms with van der Waals surface area (Å²) in [4.78, 5) is 22.7. The van der Waals surface area contributed by atoms with E-state index in [1.807, 2.05) is 23.2 Å². The zero-order valence-corrected chi connectivity index (χ0v) is 16.2. The minimum Gasteiger partial charge on any atom is -0.345 e. The number of likely N-dealkylation sites (tertiary alicyclic amines) is 1. The molecule has 1 aromatic carbocycles. The quantitative estimate of drug-likeness (QED) is 0.837. The molecule has 2 heterocycles. The number of rotatable bonds is 3. The van der Waals surface area contributed by atoms with E-state index in [0.717, 1.165) is 35.8 Å². The van der Waals surface area contributed by atoms with E-state index in [1.165, 1.54) is 0 Å². The Hall–Kier alpha value is -2.84. The summed E-state index contributed by atoms with van der Waals surface area (Å²) in [6, 6.07) is 9.09. The van der Waals surface area contributed by atoms with Gasteiger partial charge in [0.25, 0.3) is 5.91 Å².